The van der Waals surface area contributed by atoms with Crippen LogP contribution < -0.4 is 10.6 Å². The van der Waals surface area contributed by atoms with Crippen LogP contribution in [-0.4, -0.2) is 53.8 Å². The van der Waals surface area contributed by atoms with Crippen LogP contribution in [-0.2, 0) is 20.8 Å². The Morgan fingerprint density at radius 3 is 2.37 bits per heavy atom. The van der Waals surface area contributed by atoms with Gasteiger partial charge in [-0.15, -0.1) is 0 Å². The molecule has 6 nitrogen and oxygen atoms in total. The Morgan fingerprint density at radius 1 is 1.04 bits per heavy atom. The number of amides is 3. The summed E-state index contributed by atoms with van der Waals surface area (Å²) in [6.07, 6.45) is 4.41. The van der Waals surface area contributed by atoms with Gasteiger partial charge in [-0.05, 0) is 30.5 Å². The fourth-order valence-corrected chi connectivity index (χ4v) is 4.41. The maximum absolute atomic E-state index is 12.3. The van der Waals surface area contributed by atoms with Crippen molar-refractivity contribution in [3.63, 3.8) is 0 Å². The zero-order valence-corrected chi connectivity index (χ0v) is 16.4. The van der Waals surface area contributed by atoms with E-state index < -0.39 is 0 Å². The zero-order valence-electron chi connectivity index (χ0n) is 15.5. The van der Waals surface area contributed by atoms with Gasteiger partial charge < -0.3 is 15.5 Å². The molecule has 1 aliphatic heterocycles. The van der Waals surface area contributed by atoms with Gasteiger partial charge in [0.2, 0.25) is 17.7 Å². The van der Waals surface area contributed by atoms with Crippen LogP contribution >= 0.6 is 11.8 Å². The monoisotopic (exact) mass is 389 g/mol. The molecule has 0 radical (unpaired) electrons. The number of thioether (sulfide) groups is 1. The summed E-state index contributed by atoms with van der Waals surface area (Å²) in [7, 11) is 0. The number of hydrogen-bond donors (Lipinski definition) is 2. The van der Waals surface area contributed by atoms with Crippen molar-refractivity contribution in [2.75, 3.05) is 36.5 Å². The van der Waals surface area contributed by atoms with Crippen LogP contribution in [0.4, 0.5) is 5.69 Å². The van der Waals surface area contributed by atoms with Crippen LogP contribution in [0.2, 0.25) is 0 Å². The normalized spacial score (nSPS) is 17.6. The highest BCUT2D eigenvalue weighted by molar-refractivity contribution is 7.99. The minimum atomic E-state index is -0.240. The highest BCUT2D eigenvalue weighted by Gasteiger charge is 2.22. The molecule has 0 aromatic heterocycles. The molecule has 1 saturated heterocycles. The largest absolute Gasteiger partial charge is 0.347 e. The van der Waals surface area contributed by atoms with Crippen LogP contribution in [0.25, 0.3) is 0 Å². The van der Waals surface area contributed by atoms with Gasteiger partial charge in [0, 0.05) is 36.2 Å². The maximum Gasteiger partial charge on any atom is 0.243 e. The molecule has 1 saturated carbocycles. The van der Waals surface area contributed by atoms with Crippen molar-refractivity contribution in [1.82, 2.24) is 10.2 Å². The van der Waals surface area contributed by atoms with Gasteiger partial charge in [0.15, 0.2) is 0 Å². The van der Waals surface area contributed by atoms with E-state index in [0.29, 0.717) is 12.1 Å². The van der Waals surface area contributed by atoms with E-state index in [1.165, 1.54) is 0 Å². The molecule has 27 heavy (non-hydrogen) atoms. The van der Waals surface area contributed by atoms with Gasteiger partial charge in [0.1, 0.15) is 0 Å². The van der Waals surface area contributed by atoms with E-state index in [4.69, 9.17) is 0 Å². The van der Waals surface area contributed by atoms with Gasteiger partial charge in [-0.2, -0.15) is 11.8 Å². The van der Waals surface area contributed by atoms with E-state index in [1.54, 1.807) is 12.1 Å². The Bertz CT molecular complexity index is 666. The molecule has 0 atom stereocenters. The van der Waals surface area contributed by atoms with Crippen molar-refractivity contribution >= 4 is 35.2 Å². The van der Waals surface area contributed by atoms with E-state index in [2.05, 4.69) is 10.6 Å². The van der Waals surface area contributed by atoms with E-state index in [1.807, 2.05) is 28.8 Å². The number of carbonyl (C=O) groups is 3. The second-order valence-electron chi connectivity index (χ2n) is 7.11. The Kier molecular flexibility index (Phi) is 7.15. The number of nitrogens with zero attached hydrogens (tertiary/aromatic N) is 1. The van der Waals surface area contributed by atoms with Crippen LogP contribution in [0.5, 0.6) is 0 Å². The van der Waals surface area contributed by atoms with Crippen molar-refractivity contribution in [2.24, 2.45) is 5.92 Å². The smallest absolute Gasteiger partial charge is 0.243 e. The minimum absolute atomic E-state index is 0.0114. The molecule has 2 fully saturated rings. The summed E-state index contributed by atoms with van der Waals surface area (Å²) in [5, 5.41) is 5.50. The van der Waals surface area contributed by atoms with Crippen LogP contribution in [0.15, 0.2) is 24.3 Å². The molecule has 0 bridgehead atoms. The molecule has 0 spiro atoms. The molecule has 0 unspecified atom stereocenters. The molecular weight excluding hydrogens is 362 g/mol. The number of anilines is 1. The molecule has 2 N–H and O–H groups in total. The lowest BCUT2D eigenvalue weighted by Crippen LogP contribution is -2.38. The molecule has 1 aliphatic carbocycles. The van der Waals surface area contributed by atoms with Gasteiger partial charge in [-0.1, -0.05) is 25.0 Å². The van der Waals surface area contributed by atoms with Crippen LogP contribution in [0.3, 0.4) is 0 Å². The molecule has 1 aromatic rings. The summed E-state index contributed by atoms with van der Waals surface area (Å²) >= 11 is 1.88. The second-order valence-corrected chi connectivity index (χ2v) is 8.34. The molecule has 2 aliphatic rings. The van der Waals surface area contributed by atoms with Crippen molar-refractivity contribution in [3.8, 4) is 0 Å². The lowest BCUT2D eigenvalue weighted by Gasteiger charge is -2.26. The standard InChI is InChI=1S/C20H27N3O3S/c24-18(14-21-20(26)16-3-1-2-4-16)22-17-7-5-15(6-8-17)13-19(25)23-9-11-27-12-10-23/h5-8,16H,1-4,9-14H2,(H,21,26)(H,22,24). The third kappa shape index (κ3) is 5.99. The number of hydrogen-bond acceptors (Lipinski definition) is 4. The first-order valence-corrected chi connectivity index (χ1v) is 10.8. The van der Waals surface area contributed by atoms with E-state index >= 15 is 0 Å². The summed E-state index contributed by atoms with van der Waals surface area (Å²) in [5.41, 5.74) is 1.60. The summed E-state index contributed by atoms with van der Waals surface area (Å²) in [6.45, 7) is 1.64. The average Bonchev–Trinajstić information content (AvgIpc) is 3.23. The predicted molar refractivity (Wildman–Crippen MR) is 108 cm³/mol. The molecule has 7 heteroatoms. The summed E-state index contributed by atoms with van der Waals surface area (Å²) in [5.74, 6) is 1.97. The van der Waals surface area contributed by atoms with Gasteiger partial charge in [0.05, 0.1) is 13.0 Å². The predicted octanol–water partition coefficient (Wildman–Crippen LogP) is 2.05. The SMILES string of the molecule is O=C(CNC(=O)C1CCCC1)Nc1ccc(CC(=O)N2CCSCC2)cc1. The van der Waals surface area contributed by atoms with E-state index in [0.717, 1.165) is 55.8 Å². The molecular formula is C20H27N3O3S. The van der Waals surface area contributed by atoms with Crippen molar-refractivity contribution in [3.05, 3.63) is 29.8 Å². The molecule has 3 amide bonds. The van der Waals surface area contributed by atoms with Crippen LogP contribution in [0, 0.1) is 5.92 Å². The second kappa shape index (κ2) is 9.78. The molecule has 146 valence electrons. The quantitative estimate of drug-likeness (QED) is 0.781. The average molecular weight is 390 g/mol. The highest BCUT2D eigenvalue weighted by Crippen LogP contribution is 2.24. The third-order valence-corrected chi connectivity index (χ3v) is 6.05. The Morgan fingerprint density at radius 2 is 1.70 bits per heavy atom. The molecule has 1 heterocycles. The number of rotatable bonds is 6. The fourth-order valence-electron chi connectivity index (χ4n) is 3.51. The Labute approximate surface area is 164 Å². The molecule has 1 aromatic carbocycles. The van der Waals surface area contributed by atoms with E-state index in [9.17, 15) is 14.4 Å². The first-order chi connectivity index (χ1) is 13.1. The van der Waals surface area contributed by atoms with Gasteiger partial charge in [-0.3, -0.25) is 14.4 Å². The van der Waals surface area contributed by atoms with Crippen molar-refractivity contribution in [1.29, 1.82) is 0 Å². The summed E-state index contributed by atoms with van der Waals surface area (Å²) in [4.78, 5) is 38.2. The molecule has 3 rings (SSSR count). The minimum Gasteiger partial charge on any atom is -0.347 e. The first-order valence-electron chi connectivity index (χ1n) is 9.64. The van der Waals surface area contributed by atoms with Crippen LogP contribution in [0.1, 0.15) is 31.2 Å². The van der Waals surface area contributed by atoms with E-state index in [-0.39, 0.29) is 30.2 Å². The summed E-state index contributed by atoms with van der Waals surface area (Å²) < 4.78 is 0. The topological polar surface area (TPSA) is 78.5 Å². The number of carbonyl (C=O) groups excluding carboxylic acids is 3. The van der Waals surface area contributed by atoms with Crippen molar-refractivity contribution < 1.29 is 14.4 Å². The Balaban J connectivity index is 1.42. The van der Waals surface area contributed by atoms with Gasteiger partial charge in [-0.25, -0.2) is 0 Å². The van der Waals surface area contributed by atoms with Gasteiger partial charge in [0.25, 0.3) is 0 Å². The first kappa shape index (κ1) is 19.7. The number of nitrogens with one attached hydrogen (secondary N) is 2. The van der Waals surface area contributed by atoms with Crippen molar-refractivity contribution in [2.45, 2.75) is 32.1 Å². The van der Waals surface area contributed by atoms with Gasteiger partial charge >= 0.3 is 0 Å². The maximum atomic E-state index is 12.3. The summed E-state index contributed by atoms with van der Waals surface area (Å²) in [6, 6.07) is 7.32. The fraction of sp³-hybridized carbons (Fsp3) is 0.550. The lowest BCUT2D eigenvalue weighted by atomic mass is 10.1. The Hall–Kier alpha value is -2.02. The third-order valence-electron chi connectivity index (χ3n) is 5.11. The lowest BCUT2D eigenvalue weighted by molar-refractivity contribution is -0.130. The zero-order chi connectivity index (χ0) is 19.1. The number of benzene rings is 1. The highest BCUT2D eigenvalue weighted by atomic mass is 32.2.